The molecule has 40 heavy (non-hydrogen) atoms. The van der Waals surface area contributed by atoms with Gasteiger partial charge >= 0.3 is 25.3 Å². The van der Waals surface area contributed by atoms with Crippen molar-refractivity contribution >= 4 is 25.4 Å². The number of nitrogens with one attached hydrogen (secondary N) is 2. The van der Waals surface area contributed by atoms with Gasteiger partial charge in [0.15, 0.2) is 18.0 Å². The fourth-order valence-electron chi connectivity index (χ4n) is 3.57. The van der Waals surface area contributed by atoms with Crippen LogP contribution in [-0.2, 0) is 32.9 Å². The van der Waals surface area contributed by atoms with Crippen LogP contribution in [0.15, 0.2) is 17.1 Å². The van der Waals surface area contributed by atoms with E-state index in [2.05, 4.69) is 15.2 Å². The summed E-state index contributed by atoms with van der Waals surface area (Å²) in [6, 6.07) is -1.62. The van der Waals surface area contributed by atoms with E-state index in [1.165, 1.54) is 13.8 Å². The van der Waals surface area contributed by atoms with Crippen molar-refractivity contribution in [3.63, 3.8) is 0 Å². The van der Waals surface area contributed by atoms with Crippen LogP contribution < -0.4 is 21.6 Å². The number of carbonyl (C=O) groups is 2. The fourth-order valence-corrected chi connectivity index (χ4v) is 5.41. The van der Waals surface area contributed by atoms with Gasteiger partial charge in [-0.15, -0.1) is 0 Å². The molecular weight excluding hydrogens is 566 g/mol. The minimum atomic E-state index is -4.68. The maximum Gasteiger partial charge on any atom is 0.351 e. The average molecular weight is 602 g/mol. The Bertz CT molecular complexity index is 1120. The van der Waals surface area contributed by atoms with Gasteiger partial charge in [0.25, 0.3) is 6.43 Å². The Kier molecular flexibility index (Phi) is 11.3. The Morgan fingerprint density at radius 3 is 2.08 bits per heavy atom. The number of rotatable bonds is 13. The summed E-state index contributed by atoms with van der Waals surface area (Å²) in [4.78, 5) is 40.2. The Balaban J connectivity index is 2.38. The quantitative estimate of drug-likeness (QED) is 0.185. The number of nitrogen functional groups attached to an aromatic ring is 1. The summed E-state index contributed by atoms with van der Waals surface area (Å²) < 4.78 is 78.8. The molecule has 18 heteroatoms. The molecule has 0 amide bonds. The number of hydrogen-bond acceptors (Lipinski definition) is 11. The number of carbonyl (C=O) groups excluding carboxylic acids is 2. The van der Waals surface area contributed by atoms with E-state index in [9.17, 15) is 32.8 Å². The summed E-state index contributed by atoms with van der Waals surface area (Å²) in [5.74, 6) is -2.01. The summed E-state index contributed by atoms with van der Waals surface area (Å²) in [5, 5.41) is 14.9. The molecule has 5 N–H and O–H groups in total. The minimum absolute atomic E-state index is 0.220. The van der Waals surface area contributed by atoms with Crippen molar-refractivity contribution in [2.75, 3.05) is 12.3 Å². The van der Waals surface area contributed by atoms with E-state index in [1.54, 1.807) is 27.7 Å². The van der Waals surface area contributed by atoms with Gasteiger partial charge in [0.1, 0.15) is 24.0 Å². The zero-order valence-corrected chi connectivity index (χ0v) is 23.6. The molecule has 14 nitrogen and oxygen atoms in total. The van der Waals surface area contributed by atoms with Crippen molar-refractivity contribution in [3.05, 3.63) is 22.7 Å². The number of hydrogen-bond donors (Lipinski definition) is 4. The molecule has 2 heterocycles. The number of nitrogens with zero attached hydrogens (tertiary/aromatic N) is 2. The van der Waals surface area contributed by atoms with E-state index < -0.39 is 86.7 Å². The minimum Gasteiger partial charge on any atom is -0.462 e. The lowest BCUT2D eigenvalue weighted by Gasteiger charge is -2.33. The first-order valence-corrected chi connectivity index (χ1v) is 13.9. The van der Waals surface area contributed by atoms with Gasteiger partial charge in [-0.25, -0.2) is 28.1 Å². The Morgan fingerprint density at radius 2 is 1.65 bits per heavy atom. The van der Waals surface area contributed by atoms with Crippen LogP contribution in [0, 0.1) is 0 Å². The van der Waals surface area contributed by atoms with E-state index in [-0.39, 0.29) is 5.82 Å². The molecule has 0 aromatic carbocycles. The zero-order valence-electron chi connectivity index (χ0n) is 22.7. The molecule has 1 saturated heterocycles. The molecule has 228 valence electrons. The SMILES string of the molecule is CC(C)OC(=O)[C@H](C)NP(=O)(N[C@@H](C)C(=O)OC(C)C)OC[C@@]1(C(F)F)O[C@@H](n2ccc(N)nc2=O)[C@H](O)[C@@H]1F. The second kappa shape index (κ2) is 13.4. The maximum atomic E-state index is 15.3. The predicted octanol–water partition coefficient (Wildman–Crippen LogP) is 1.04. The molecule has 0 aliphatic carbocycles. The van der Waals surface area contributed by atoms with Crippen LogP contribution in [0.4, 0.5) is 19.0 Å². The first-order valence-electron chi connectivity index (χ1n) is 12.3. The second-order valence-electron chi connectivity index (χ2n) is 9.70. The highest BCUT2D eigenvalue weighted by molar-refractivity contribution is 7.54. The standard InChI is InChI=1S/C22H35F3N5O9P/c1-10(2)37-18(32)12(5)28-40(35,29-13(6)19(33)38-11(3)4)36-9-22(20(24)25)16(23)15(31)17(39-22)30-8-7-14(26)27-21(30)34/h7-8,10-13,15-17,20,31H,9H2,1-6H3,(H2,26,27,34)(H2,28,29,35)/t12-,13-,15+,16-,17+,22+/m0/s1. The largest absolute Gasteiger partial charge is 0.462 e. The number of anilines is 1. The third kappa shape index (κ3) is 8.01. The summed E-state index contributed by atoms with van der Waals surface area (Å²) >= 11 is 0. The van der Waals surface area contributed by atoms with Crippen LogP contribution in [0.25, 0.3) is 0 Å². The molecule has 1 aliphatic heterocycles. The van der Waals surface area contributed by atoms with Crippen molar-refractivity contribution in [1.29, 1.82) is 0 Å². The van der Waals surface area contributed by atoms with Crippen molar-refractivity contribution in [2.45, 2.75) is 96.4 Å². The van der Waals surface area contributed by atoms with Crippen LogP contribution in [0.5, 0.6) is 0 Å². The number of halogens is 3. The van der Waals surface area contributed by atoms with Crippen molar-refractivity contribution < 1.29 is 51.2 Å². The Labute approximate surface area is 228 Å². The van der Waals surface area contributed by atoms with Gasteiger partial charge in [0, 0.05) is 6.20 Å². The van der Waals surface area contributed by atoms with Crippen LogP contribution in [0.1, 0.15) is 47.8 Å². The van der Waals surface area contributed by atoms with Crippen LogP contribution in [-0.4, -0.2) is 81.8 Å². The molecule has 0 spiro atoms. The van der Waals surface area contributed by atoms with Gasteiger partial charge in [-0.3, -0.25) is 18.7 Å². The number of nitrogens with two attached hydrogens (primary N) is 1. The van der Waals surface area contributed by atoms with E-state index in [0.29, 0.717) is 4.57 Å². The predicted molar refractivity (Wildman–Crippen MR) is 134 cm³/mol. The number of aromatic nitrogens is 2. The highest BCUT2D eigenvalue weighted by Gasteiger charge is 2.62. The van der Waals surface area contributed by atoms with E-state index in [0.717, 1.165) is 12.3 Å². The molecular formula is C22H35F3N5O9P. The Hall–Kier alpha value is -2.56. The van der Waals surface area contributed by atoms with Gasteiger partial charge in [0.2, 0.25) is 0 Å². The number of aliphatic hydroxyl groups excluding tert-OH is 1. The van der Waals surface area contributed by atoms with E-state index >= 15 is 4.39 Å². The maximum absolute atomic E-state index is 15.3. The van der Waals surface area contributed by atoms with Gasteiger partial charge in [-0.05, 0) is 47.6 Å². The molecule has 1 fully saturated rings. The summed E-state index contributed by atoms with van der Waals surface area (Å²) in [6.45, 7) is 7.20. The third-order valence-corrected chi connectivity index (χ3v) is 7.45. The van der Waals surface area contributed by atoms with Crippen LogP contribution in [0.2, 0.25) is 0 Å². The molecule has 0 unspecified atom stereocenters. The first-order chi connectivity index (χ1) is 18.4. The van der Waals surface area contributed by atoms with Gasteiger partial charge in [-0.2, -0.15) is 4.98 Å². The van der Waals surface area contributed by atoms with Crippen LogP contribution >= 0.6 is 7.67 Å². The molecule has 1 aliphatic rings. The molecule has 1 aromatic heterocycles. The topological polar surface area (TPSA) is 193 Å². The molecule has 0 radical (unpaired) electrons. The van der Waals surface area contributed by atoms with Gasteiger partial charge in [0.05, 0.1) is 18.8 Å². The number of ether oxygens (including phenoxy) is 3. The first kappa shape index (κ1) is 33.6. The summed E-state index contributed by atoms with van der Waals surface area (Å²) in [5.41, 5.74) is 1.05. The van der Waals surface area contributed by atoms with E-state index in [1.807, 2.05) is 0 Å². The molecule has 2 rings (SSSR count). The highest BCUT2D eigenvalue weighted by Crippen LogP contribution is 2.47. The second-order valence-corrected chi connectivity index (χ2v) is 11.6. The van der Waals surface area contributed by atoms with Crippen LogP contribution in [0.3, 0.4) is 0 Å². The third-order valence-electron chi connectivity index (χ3n) is 5.50. The lowest BCUT2D eigenvalue weighted by molar-refractivity contribution is -0.183. The van der Waals surface area contributed by atoms with Gasteiger partial charge in [-0.1, -0.05) is 0 Å². The molecule has 0 saturated carbocycles. The smallest absolute Gasteiger partial charge is 0.351 e. The van der Waals surface area contributed by atoms with E-state index in [4.69, 9.17) is 24.5 Å². The summed E-state index contributed by atoms with van der Waals surface area (Å²) in [6.07, 6.45) is -11.0. The van der Waals surface area contributed by atoms with Crippen molar-refractivity contribution in [2.24, 2.45) is 0 Å². The van der Waals surface area contributed by atoms with Gasteiger partial charge < -0.3 is 29.6 Å². The lowest BCUT2D eigenvalue weighted by atomic mass is 9.98. The summed E-state index contributed by atoms with van der Waals surface area (Å²) in [7, 11) is -4.68. The Morgan fingerprint density at radius 1 is 1.15 bits per heavy atom. The fraction of sp³-hybridized carbons (Fsp3) is 0.727. The normalized spacial score (nSPS) is 24.9. The van der Waals surface area contributed by atoms with Crippen molar-refractivity contribution in [3.8, 4) is 0 Å². The molecule has 0 bridgehead atoms. The molecule has 1 aromatic rings. The highest BCUT2D eigenvalue weighted by atomic mass is 31.2. The number of aliphatic hydroxyl groups is 1. The number of alkyl halides is 3. The zero-order chi connectivity index (χ0) is 30.6. The average Bonchev–Trinajstić information content (AvgIpc) is 3.08. The monoisotopic (exact) mass is 601 g/mol. The lowest BCUT2D eigenvalue weighted by Crippen LogP contribution is -2.52. The molecule has 6 atom stereocenters. The number of esters is 2. The van der Waals surface area contributed by atoms with Crippen molar-refractivity contribution in [1.82, 2.24) is 19.7 Å².